The highest BCUT2D eigenvalue weighted by Gasteiger charge is 2.37. The van der Waals surface area contributed by atoms with Crippen LogP contribution < -0.4 is 0 Å². The summed E-state index contributed by atoms with van der Waals surface area (Å²) in [6.07, 6.45) is 0.466. The van der Waals surface area contributed by atoms with Gasteiger partial charge in [0, 0.05) is 30.3 Å². The van der Waals surface area contributed by atoms with Crippen LogP contribution in [0, 0.1) is 0 Å². The van der Waals surface area contributed by atoms with Gasteiger partial charge < -0.3 is 9.84 Å². The smallest absolute Gasteiger partial charge is 0.347 e. The number of sulfonamides is 1. The molecule has 118 valence electrons. The number of carboxylic acid groups (broad SMARTS) is 1. The molecule has 0 spiro atoms. The second-order valence-corrected chi connectivity index (χ2v) is 8.00. The van der Waals surface area contributed by atoms with Gasteiger partial charge in [0.2, 0.25) is 10.0 Å². The Morgan fingerprint density at radius 1 is 1.41 bits per heavy atom. The Morgan fingerprint density at radius 2 is 2.14 bits per heavy atom. The Kier molecular flexibility index (Phi) is 3.94. The molecule has 1 aliphatic rings. The molecule has 2 aromatic rings. The number of aromatic carboxylic acids is 1. The summed E-state index contributed by atoms with van der Waals surface area (Å²) in [6.45, 7) is 0.589. The van der Waals surface area contributed by atoms with Gasteiger partial charge in [-0.3, -0.25) is 0 Å². The van der Waals surface area contributed by atoms with Crippen LogP contribution in [0.25, 0.3) is 10.1 Å². The van der Waals surface area contributed by atoms with Crippen molar-refractivity contribution in [2.45, 2.75) is 17.4 Å². The predicted octanol–water partition coefficient (Wildman–Crippen LogP) is 2.01. The standard InChI is InChI=1S/C14H15NO5S2/c1-20-9-6-7-15(8-9)22(18,19)13-10-4-2-3-5-11(10)21-12(13)14(16)17/h2-5,9H,6-8H2,1H3,(H,16,17)/t9-/m1/s1. The Morgan fingerprint density at radius 3 is 2.77 bits per heavy atom. The normalized spacial score (nSPS) is 19.8. The number of rotatable bonds is 4. The van der Waals surface area contributed by atoms with Gasteiger partial charge in [0.05, 0.1) is 6.10 Å². The van der Waals surface area contributed by atoms with E-state index in [9.17, 15) is 18.3 Å². The van der Waals surface area contributed by atoms with E-state index >= 15 is 0 Å². The summed E-state index contributed by atoms with van der Waals surface area (Å²) in [7, 11) is -2.31. The minimum Gasteiger partial charge on any atom is -0.477 e. The molecule has 1 aliphatic heterocycles. The molecule has 0 saturated carbocycles. The van der Waals surface area contributed by atoms with Crippen molar-refractivity contribution in [3.63, 3.8) is 0 Å². The van der Waals surface area contributed by atoms with Gasteiger partial charge in [-0.1, -0.05) is 18.2 Å². The van der Waals surface area contributed by atoms with E-state index in [1.54, 1.807) is 31.4 Å². The second-order valence-electron chi connectivity index (χ2n) is 5.07. The van der Waals surface area contributed by atoms with Crippen LogP contribution in [0.3, 0.4) is 0 Å². The van der Waals surface area contributed by atoms with Crippen molar-refractivity contribution in [3.05, 3.63) is 29.1 Å². The number of carboxylic acids is 1. The fourth-order valence-corrected chi connectivity index (χ4v) is 5.84. The zero-order valence-electron chi connectivity index (χ0n) is 11.9. The average Bonchev–Trinajstić information content (AvgIpc) is 3.12. The zero-order chi connectivity index (χ0) is 15.9. The molecule has 3 rings (SSSR count). The summed E-state index contributed by atoms with van der Waals surface area (Å²) in [4.78, 5) is 11.2. The minimum absolute atomic E-state index is 0.0997. The zero-order valence-corrected chi connectivity index (χ0v) is 13.5. The van der Waals surface area contributed by atoms with Crippen molar-refractivity contribution < 1.29 is 23.1 Å². The van der Waals surface area contributed by atoms with Crippen molar-refractivity contribution in [1.82, 2.24) is 4.31 Å². The lowest BCUT2D eigenvalue weighted by Crippen LogP contribution is -2.30. The molecule has 1 fully saturated rings. The molecule has 2 heterocycles. The molecule has 1 aromatic carbocycles. The Bertz CT molecular complexity index is 827. The average molecular weight is 341 g/mol. The molecule has 0 aliphatic carbocycles. The van der Waals surface area contributed by atoms with Crippen molar-refractivity contribution in [2.75, 3.05) is 20.2 Å². The van der Waals surface area contributed by atoms with E-state index in [1.807, 2.05) is 0 Å². The van der Waals surface area contributed by atoms with Gasteiger partial charge in [0.25, 0.3) is 0 Å². The van der Waals surface area contributed by atoms with Crippen LogP contribution in [-0.4, -0.2) is 50.1 Å². The van der Waals surface area contributed by atoms with Crippen molar-refractivity contribution >= 4 is 37.4 Å². The van der Waals surface area contributed by atoms with E-state index in [0.29, 0.717) is 23.1 Å². The maximum atomic E-state index is 12.9. The van der Waals surface area contributed by atoms with Crippen molar-refractivity contribution in [2.24, 2.45) is 0 Å². The number of benzene rings is 1. The summed E-state index contributed by atoms with van der Waals surface area (Å²) < 4.78 is 33.0. The minimum atomic E-state index is -3.86. The first kappa shape index (κ1) is 15.4. The van der Waals surface area contributed by atoms with E-state index in [4.69, 9.17) is 4.74 Å². The topological polar surface area (TPSA) is 83.9 Å². The highest BCUT2D eigenvalue weighted by molar-refractivity contribution is 7.89. The molecule has 22 heavy (non-hydrogen) atoms. The third-order valence-corrected chi connectivity index (χ3v) is 7.02. The molecule has 1 N–H and O–H groups in total. The molecular formula is C14H15NO5S2. The predicted molar refractivity (Wildman–Crippen MR) is 83.0 cm³/mol. The molecule has 1 saturated heterocycles. The van der Waals surface area contributed by atoms with Crippen molar-refractivity contribution in [1.29, 1.82) is 0 Å². The van der Waals surface area contributed by atoms with Crippen LogP contribution in [0.5, 0.6) is 0 Å². The number of methoxy groups -OCH3 is 1. The van der Waals surface area contributed by atoms with Gasteiger partial charge in [-0.25, -0.2) is 13.2 Å². The monoisotopic (exact) mass is 341 g/mol. The first-order chi connectivity index (χ1) is 10.4. The molecule has 0 radical (unpaired) electrons. The molecule has 0 unspecified atom stereocenters. The van der Waals surface area contributed by atoms with Gasteiger partial charge in [-0.05, 0) is 12.5 Å². The molecule has 1 atom stereocenters. The number of thiophene rings is 1. The SMILES string of the molecule is CO[C@@H]1CCN(S(=O)(=O)c2c(C(=O)O)sc3ccccc23)C1. The number of fused-ring (bicyclic) bond motifs is 1. The van der Waals surface area contributed by atoms with Gasteiger partial charge in [0.15, 0.2) is 0 Å². The highest BCUT2D eigenvalue weighted by Crippen LogP contribution is 2.37. The van der Waals surface area contributed by atoms with Crippen LogP contribution in [-0.2, 0) is 14.8 Å². The first-order valence-corrected chi connectivity index (χ1v) is 8.98. The number of hydrogen-bond donors (Lipinski definition) is 1. The van der Waals surface area contributed by atoms with Crippen LogP contribution in [0.2, 0.25) is 0 Å². The van der Waals surface area contributed by atoms with Crippen molar-refractivity contribution in [3.8, 4) is 0 Å². The van der Waals surface area contributed by atoms with E-state index in [0.717, 1.165) is 11.3 Å². The van der Waals surface area contributed by atoms with Crippen LogP contribution in [0.1, 0.15) is 16.1 Å². The summed E-state index contributed by atoms with van der Waals surface area (Å²) >= 11 is 0.988. The fraction of sp³-hybridized carbons (Fsp3) is 0.357. The third kappa shape index (κ3) is 2.41. The summed E-state index contributed by atoms with van der Waals surface area (Å²) in [5.74, 6) is -1.22. The third-order valence-electron chi connectivity index (χ3n) is 3.78. The van der Waals surface area contributed by atoms with Gasteiger partial charge in [-0.15, -0.1) is 11.3 Å². The van der Waals surface area contributed by atoms with E-state index in [1.165, 1.54) is 4.31 Å². The fourth-order valence-electron chi connectivity index (χ4n) is 2.66. The number of ether oxygens (including phenoxy) is 1. The Hall–Kier alpha value is -1.48. The maximum Gasteiger partial charge on any atom is 0.347 e. The lowest BCUT2D eigenvalue weighted by atomic mass is 10.2. The lowest BCUT2D eigenvalue weighted by Gasteiger charge is -2.16. The Labute approximate surface area is 132 Å². The van der Waals surface area contributed by atoms with E-state index < -0.39 is 16.0 Å². The summed E-state index contributed by atoms with van der Waals surface area (Å²) in [5.41, 5.74) is 0. The van der Waals surface area contributed by atoms with Crippen LogP contribution in [0.15, 0.2) is 29.2 Å². The number of nitrogens with zero attached hydrogens (tertiary/aromatic N) is 1. The first-order valence-electron chi connectivity index (χ1n) is 6.73. The molecule has 1 aromatic heterocycles. The largest absolute Gasteiger partial charge is 0.477 e. The second kappa shape index (κ2) is 5.62. The van der Waals surface area contributed by atoms with Crippen LogP contribution >= 0.6 is 11.3 Å². The summed E-state index contributed by atoms with van der Waals surface area (Å²) in [6, 6.07) is 6.85. The van der Waals surface area contributed by atoms with Gasteiger partial charge in [0.1, 0.15) is 9.77 Å². The van der Waals surface area contributed by atoms with Gasteiger partial charge in [-0.2, -0.15) is 4.31 Å². The molecule has 0 bridgehead atoms. The molecule has 0 amide bonds. The van der Waals surface area contributed by atoms with Gasteiger partial charge >= 0.3 is 5.97 Å². The number of hydrogen-bond acceptors (Lipinski definition) is 5. The van der Waals surface area contributed by atoms with E-state index in [2.05, 4.69) is 0 Å². The molecule has 6 nitrogen and oxygen atoms in total. The summed E-state index contributed by atoms with van der Waals surface area (Å²) in [5, 5.41) is 9.84. The maximum absolute atomic E-state index is 12.9. The molecule has 8 heteroatoms. The van der Waals surface area contributed by atoms with Crippen LogP contribution in [0.4, 0.5) is 0 Å². The Balaban J connectivity index is 2.16. The van der Waals surface area contributed by atoms with E-state index in [-0.39, 0.29) is 22.4 Å². The lowest BCUT2D eigenvalue weighted by molar-refractivity contribution is 0.0698. The highest BCUT2D eigenvalue weighted by atomic mass is 32.2. The number of carbonyl (C=O) groups is 1. The molecular weight excluding hydrogens is 326 g/mol. The quantitative estimate of drug-likeness (QED) is 0.920.